The summed E-state index contributed by atoms with van der Waals surface area (Å²) in [4.78, 5) is 40.2. The molecule has 8 nitrogen and oxygen atoms in total. The van der Waals surface area contributed by atoms with Gasteiger partial charge in [0.1, 0.15) is 24.2 Å². The normalized spacial score (nSPS) is 13.4. The molecule has 0 bridgehead atoms. The van der Waals surface area contributed by atoms with Crippen LogP contribution in [0.4, 0.5) is 4.79 Å². The lowest BCUT2D eigenvalue weighted by atomic mass is 10.0. The Morgan fingerprint density at radius 3 is 2.29 bits per heavy atom. The third-order valence-electron chi connectivity index (χ3n) is 4.76. The Kier molecular flexibility index (Phi) is 11.5. The standard InChI is InChI=1S/C25H34N4O4S/c1-7-9-17(3)27-22(30)21(19-12-10-18(8-2)11-13-19)29(15-14-26)23(31)20(16-34)28-24(32)33-25(4,5)6/h2,10-13,17,20-21,34H,7,9,15-16H2,1,3-6H3,(H,27,30)(H,28,32). The number of nitrogens with zero attached hydrogens (tertiary/aromatic N) is 2. The first-order valence-electron chi connectivity index (χ1n) is 11.1. The number of hydrogen-bond donors (Lipinski definition) is 3. The summed E-state index contributed by atoms with van der Waals surface area (Å²) in [6.45, 7) is 8.59. The Morgan fingerprint density at radius 2 is 1.82 bits per heavy atom. The number of carbonyl (C=O) groups is 3. The monoisotopic (exact) mass is 486 g/mol. The van der Waals surface area contributed by atoms with Gasteiger partial charge >= 0.3 is 6.09 Å². The summed E-state index contributed by atoms with van der Waals surface area (Å²) in [5, 5.41) is 14.9. The van der Waals surface area contributed by atoms with Crippen LogP contribution in [0.25, 0.3) is 0 Å². The third-order valence-corrected chi connectivity index (χ3v) is 5.12. The van der Waals surface area contributed by atoms with Crippen molar-refractivity contribution in [1.82, 2.24) is 15.5 Å². The first-order valence-corrected chi connectivity index (χ1v) is 11.7. The fraction of sp³-hybridized carbons (Fsp3) is 0.520. The van der Waals surface area contributed by atoms with Gasteiger partial charge in [0, 0.05) is 17.4 Å². The Morgan fingerprint density at radius 1 is 1.21 bits per heavy atom. The lowest BCUT2D eigenvalue weighted by molar-refractivity contribution is -0.141. The van der Waals surface area contributed by atoms with Gasteiger partial charge in [0.2, 0.25) is 11.8 Å². The van der Waals surface area contributed by atoms with Crippen molar-refractivity contribution in [2.24, 2.45) is 0 Å². The molecule has 184 valence electrons. The van der Waals surface area contributed by atoms with E-state index in [1.807, 2.05) is 19.9 Å². The molecule has 0 fully saturated rings. The molecular formula is C25H34N4O4S. The van der Waals surface area contributed by atoms with Crippen LogP contribution in [0.1, 0.15) is 64.6 Å². The quantitative estimate of drug-likeness (QED) is 0.267. The van der Waals surface area contributed by atoms with E-state index >= 15 is 0 Å². The zero-order chi connectivity index (χ0) is 25.9. The maximum absolute atomic E-state index is 13.5. The molecule has 0 radical (unpaired) electrons. The van der Waals surface area contributed by atoms with E-state index < -0.39 is 35.6 Å². The van der Waals surface area contributed by atoms with Crippen LogP contribution in [0, 0.1) is 23.7 Å². The van der Waals surface area contributed by atoms with Crippen LogP contribution in [0.5, 0.6) is 0 Å². The fourth-order valence-corrected chi connectivity index (χ4v) is 3.52. The van der Waals surface area contributed by atoms with Gasteiger partial charge in [0.05, 0.1) is 6.07 Å². The number of amides is 3. The molecule has 2 N–H and O–H groups in total. The molecule has 0 aromatic heterocycles. The van der Waals surface area contributed by atoms with Crippen molar-refractivity contribution in [3.63, 3.8) is 0 Å². The highest BCUT2D eigenvalue weighted by Crippen LogP contribution is 2.23. The maximum atomic E-state index is 13.5. The molecule has 1 aromatic carbocycles. The smallest absolute Gasteiger partial charge is 0.408 e. The van der Waals surface area contributed by atoms with Crippen LogP contribution in [-0.2, 0) is 14.3 Å². The lowest BCUT2D eigenvalue weighted by Gasteiger charge is -2.33. The predicted octanol–water partition coefficient (Wildman–Crippen LogP) is 3.19. The Balaban J connectivity index is 3.36. The minimum atomic E-state index is -1.11. The van der Waals surface area contributed by atoms with E-state index in [4.69, 9.17) is 11.2 Å². The number of rotatable bonds is 10. The van der Waals surface area contributed by atoms with Gasteiger partial charge in [-0.3, -0.25) is 9.59 Å². The first kappa shape index (κ1) is 28.9. The van der Waals surface area contributed by atoms with Gasteiger partial charge < -0.3 is 20.3 Å². The zero-order valence-corrected chi connectivity index (χ0v) is 21.3. The molecule has 0 aliphatic heterocycles. The van der Waals surface area contributed by atoms with Gasteiger partial charge in [0.15, 0.2) is 0 Å². The van der Waals surface area contributed by atoms with E-state index in [9.17, 15) is 19.6 Å². The van der Waals surface area contributed by atoms with Crippen molar-refractivity contribution in [2.45, 2.75) is 71.2 Å². The van der Waals surface area contributed by atoms with E-state index in [0.29, 0.717) is 11.1 Å². The summed E-state index contributed by atoms with van der Waals surface area (Å²) < 4.78 is 5.24. The molecule has 0 heterocycles. The van der Waals surface area contributed by atoms with Crippen molar-refractivity contribution >= 4 is 30.5 Å². The SMILES string of the molecule is C#Cc1ccc(C(C(=O)NC(C)CCC)N(CC#N)C(=O)C(CS)NC(=O)OC(C)(C)C)cc1. The largest absolute Gasteiger partial charge is 0.444 e. The predicted molar refractivity (Wildman–Crippen MR) is 134 cm³/mol. The summed E-state index contributed by atoms with van der Waals surface area (Å²) in [5.74, 6) is 1.38. The van der Waals surface area contributed by atoms with Crippen molar-refractivity contribution in [3.05, 3.63) is 35.4 Å². The number of nitrogens with one attached hydrogen (secondary N) is 2. The molecule has 3 atom stereocenters. The second-order valence-electron chi connectivity index (χ2n) is 8.87. The van der Waals surface area contributed by atoms with Crippen LogP contribution in [0.15, 0.2) is 24.3 Å². The number of thiol groups is 1. The van der Waals surface area contributed by atoms with Gasteiger partial charge in [-0.2, -0.15) is 17.9 Å². The molecule has 0 saturated heterocycles. The highest BCUT2D eigenvalue weighted by Gasteiger charge is 2.36. The number of ether oxygens (including phenoxy) is 1. The molecule has 34 heavy (non-hydrogen) atoms. The maximum Gasteiger partial charge on any atom is 0.408 e. The van der Waals surface area contributed by atoms with Crippen molar-refractivity contribution in [1.29, 1.82) is 5.26 Å². The Hall–Kier alpha value is -3.17. The number of alkyl carbamates (subject to hydrolysis) is 1. The molecule has 1 rings (SSSR count). The van der Waals surface area contributed by atoms with E-state index in [-0.39, 0.29) is 18.3 Å². The third kappa shape index (κ3) is 8.99. The number of carbonyl (C=O) groups excluding carboxylic acids is 3. The fourth-order valence-electron chi connectivity index (χ4n) is 3.27. The average Bonchev–Trinajstić information content (AvgIpc) is 2.76. The van der Waals surface area contributed by atoms with Gasteiger partial charge in [-0.15, -0.1) is 6.42 Å². The Bertz CT molecular complexity index is 928. The Labute approximate surface area is 207 Å². The van der Waals surface area contributed by atoms with Crippen LogP contribution in [-0.4, -0.2) is 52.8 Å². The van der Waals surface area contributed by atoms with Gasteiger partial charge in [-0.25, -0.2) is 4.79 Å². The summed E-state index contributed by atoms with van der Waals surface area (Å²) in [7, 11) is 0. The lowest BCUT2D eigenvalue weighted by Crippen LogP contribution is -2.54. The second-order valence-corrected chi connectivity index (χ2v) is 9.24. The molecule has 1 aromatic rings. The average molecular weight is 487 g/mol. The minimum absolute atomic E-state index is 0.0589. The van der Waals surface area contributed by atoms with E-state index in [2.05, 4.69) is 29.2 Å². The van der Waals surface area contributed by atoms with Crippen molar-refractivity contribution < 1.29 is 19.1 Å². The summed E-state index contributed by atoms with van der Waals surface area (Å²) in [6.07, 6.45) is 6.26. The van der Waals surface area contributed by atoms with E-state index in [1.165, 1.54) is 0 Å². The second kappa shape index (κ2) is 13.5. The number of terminal acetylenes is 1. The molecule has 9 heteroatoms. The minimum Gasteiger partial charge on any atom is -0.444 e. The van der Waals surface area contributed by atoms with E-state index in [0.717, 1.165) is 17.7 Å². The van der Waals surface area contributed by atoms with Crippen LogP contribution < -0.4 is 10.6 Å². The highest BCUT2D eigenvalue weighted by molar-refractivity contribution is 7.80. The van der Waals surface area contributed by atoms with Crippen LogP contribution in [0.2, 0.25) is 0 Å². The highest BCUT2D eigenvalue weighted by atomic mass is 32.1. The molecule has 0 spiro atoms. The molecule has 0 aliphatic rings. The number of nitriles is 1. The van der Waals surface area contributed by atoms with Gasteiger partial charge in [0.25, 0.3) is 0 Å². The van der Waals surface area contributed by atoms with Crippen LogP contribution in [0.3, 0.4) is 0 Å². The van der Waals surface area contributed by atoms with Gasteiger partial charge in [-0.05, 0) is 51.8 Å². The van der Waals surface area contributed by atoms with E-state index in [1.54, 1.807) is 45.0 Å². The van der Waals surface area contributed by atoms with Crippen molar-refractivity contribution in [2.75, 3.05) is 12.3 Å². The number of benzene rings is 1. The van der Waals surface area contributed by atoms with Gasteiger partial charge in [-0.1, -0.05) is 31.4 Å². The first-order chi connectivity index (χ1) is 16.0. The molecule has 3 unspecified atom stereocenters. The van der Waals surface area contributed by atoms with Crippen LogP contribution >= 0.6 is 12.6 Å². The summed E-state index contributed by atoms with van der Waals surface area (Å²) in [6, 6.07) is 6.22. The molecule has 0 saturated carbocycles. The molecular weight excluding hydrogens is 452 g/mol. The molecule has 3 amide bonds. The summed E-state index contributed by atoms with van der Waals surface area (Å²) >= 11 is 4.20. The molecule has 0 aliphatic carbocycles. The summed E-state index contributed by atoms with van der Waals surface area (Å²) in [5.41, 5.74) is 0.330. The van der Waals surface area contributed by atoms with Crippen molar-refractivity contribution in [3.8, 4) is 18.4 Å². The number of hydrogen-bond acceptors (Lipinski definition) is 6. The zero-order valence-electron chi connectivity index (χ0n) is 20.4. The topological polar surface area (TPSA) is 112 Å².